The molecule has 98 valence electrons. The van der Waals surface area contributed by atoms with Crippen molar-refractivity contribution < 1.29 is 4.79 Å². The van der Waals surface area contributed by atoms with Crippen molar-refractivity contribution in [2.45, 2.75) is 39.0 Å². The molecule has 0 radical (unpaired) electrons. The Labute approximate surface area is 113 Å². The van der Waals surface area contributed by atoms with E-state index in [-0.39, 0.29) is 5.91 Å². The highest BCUT2D eigenvalue weighted by atomic mass is 35.5. The quantitative estimate of drug-likeness (QED) is 0.452. The average Bonchev–Trinajstić information content (AvgIpc) is 2.38. The summed E-state index contributed by atoms with van der Waals surface area (Å²) in [6.07, 6.45) is 7.42. The van der Waals surface area contributed by atoms with E-state index in [1.165, 1.54) is 19.3 Å². The number of hydrogen-bond donors (Lipinski definition) is 1. The van der Waals surface area contributed by atoms with E-state index in [1.807, 2.05) is 0 Å². The zero-order valence-electron chi connectivity index (χ0n) is 10.7. The minimum atomic E-state index is -0.273. The molecule has 0 unspecified atom stereocenters. The molecule has 0 heterocycles. The molecule has 1 rings (SSSR count). The highest BCUT2D eigenvalue weighted by Crippen LogP contribution is 2.14. The van der Waals surface area contributed by atoms with E-state index >= 15 is 0 Å². The third-order valence-corrected chi connectivity index (χ3v) is 2.89. The molecule has 0 aliphatic heterocycles. The third-order valence-electron chi connectivity index (χ3n) is 2.56. The fraction of sp³-hybridized carbons (Fsp3) is 0.429. The van der Waals surface area contributed by atoms with Crippen molar-refractivity contribution in [3.8, 4) is 0 Å². The average molecular weight is 267 g/mol. The minimum absolute atomic E-state index is 0.273. The van der Waals surface area contributed by atoms with Crippen molar-refractivity contribution in [3.05, 3.63) is 34.9 Å². The summed E-state index contributed by atoms with van der Waals surface area (Å²) in [4.78, 5) is 11.7. The number of nitrogens with zero attached hydrogens (tertiary/aromatic N) is 1. The number of amides is 1. The molecule has 0 aromatic heterocycles. The van der Waals surface area contributed by atoms with Gasteiger partial charge in [0.2, 0.25) is 0 Å². The SMILES string of the molecule is CCCCCC/C=N/NC(=O)c1ccccc1Cl. The monoisotopic (exact) mass is 266 g/mol. The van der Waals surface area contributed by atoms with E-state index in [0.29, 0.717) is 10.6 Å². The van der Waals surface area contributed by atoms with Crippen LogP contribution in [-0.2, 0) is 0 Å². The van der Waals surface area contributed by atoms with E-state index in [0.717, 1.165) is 12.8 Å². The van der Waals surface area contributed by atoms with E-state index < -0.39 is 0 Å². The second-order valence-electron chi connectivity index (χ2n) is 4.08. The molecule has 0 atom stereocenters. The number of nitrogens with one attached hydrogen (secondary N) is 1. The first-order valence-electron chi connectivity index (χ1n) is 6.32. The summed E-state index contributed by atoms with van der Waals surface area (Å²) in [6, 6.07) is 6.92. The number of rotatable bonds is 7. The van der Waals surface area contributed by atoms with Gasteiger partial charge in [0.1, 0.15) is 0 Å². The van der Waals surface area contributed by atoms with Crippen molar-refractivity contribution in [3.63, 3.8) is 0 Å². The van der Waals surface area contributed by atoms with Crippen LogP contribution in [0.4, 0.5) is 0 Å². The Bertz CT molecular complexity index is 405. The van der Waals surface area contributed by atoms with Gasteiger partial charge in [0.25, 0.3) is 5.91 Å². The summed E-state index contributed by atoms with van der Waals surface area (Å²) in [5.41, 5.74) is 2.92. The van der Waals surface area contributed by atoms with Crippen molar-refractivity contribution in [2.24, 2.45) is 5.10 Å². The summed E-state index contributed by atoms with van der Waals surface area (Å²) < 4.78 is 0. The van der Waals surface area contributed by atoms with Gasteiger partial charge >= 0.3 is 0 Å². The first kappa shape index (κ1) is 14.7. The highest BCUT2D eigenvalue weighted by molar-refractivity contribution is 6.33. The zero-order chi connectivity index (χ0) is 13.2. The summed E-state index contributed by atoms with van der Waals surface area (Å²) in [5.74, 6) is -0.273. The van der Waals surface area contributed by atoms with Crippen molar-refractivity contribution in [2.75, 3.05) is 0 Å². The zero-order valence-corrected chi connectivity index (χ0v) is 11.4. The summed E-state index contributed by atoms with van der Waals surface area (Å²) in [5, 5.41) is 4.34. The number of carbonyl (C=O) groups excluding carboxylic acids is 1. The van der Waals surface area contributed by atoms with Crippen LogP contribution < -0.4 is 5.43 Å². The lowest BCUT2D eigenvalue weighted by atomic mass is 10.2. The van der Waals surface area contributed by atoms with Crippen LogP contribution in [0.25, 0.3) is 0 Å². The molecule has 18 heavy (non-hydrogen) atoms. The minimum Gasteiger partial charge on any atom is -0.267 e. The maximum atomic E-state index is 11.7. The van der Waals surface area contributed by atoms with Crippen LogP contribution in [0.1, 0.15) is 49.4 Å². The second-order valence-corrected chi connectivity index (χ2v) is 4.49. The summed E-state index contributed by atoms with van der Waals surface area (Å²) in [6.45, 7) is 2.18. The predicted molar refractivity (Wildman–Crippen MR) is 76.2 cm³/mol. The molecule has 1 N–H and O–H groups in total. The van der Waals surface area contributed by atoms with Gasteiger partial charge in [0.05, 0.1) is 10.6 Å². The number of benzene rings is 1. The lowest BCUT2D eigenvalue weighted by Gasteiger charge is -2.01. The molecular weight excluding hydrogens is 248 g/mol. The van der Waals surface area contributed by atoms with Crippen LogP contribution in [0.3, 0.4) is 0 Å². The van der Waals surface area contributed by atoms with E-state index in [4.69, 9.17) is 11.6 Å². The van der Waals surface area contributed by atoms with Gasteiger partial charge < -0.3 is 0 Å². The summed E-state index contributed by atoms with van der Waals surface area (Å²) in [7, 11) is 0. The lowest BCUT2D eigenvalue weighted by Crippen LogP contribution is -2.17. The van der Waals surface area contributed by atoms with Gasteiger partial charge in [-0.3, -0.25) is 4.79 Å². The van der Waals surface area contributed by atoms with Crippen molar-refractivity contribution in [1.29, 1.82) is 0 Å². The van der Waals surface area contributed by atoms with Crippen molar-refractivity contribution in [1.82, 2.24) is 5.43 Å². The Kier molecular flexibility index (Phi) is 7.11. The van der Waals surface area contributed by atoms with Crippen molar-refractivity contribution >= 4 is 23.7 Å². The van der Waals surface area contributed by atoms with Gasteiger partial charge in [-0.1, -0.05) is 49.9 Å². The first-order valence-corrected chi connectivity index (χ1v) is 6.70. The first-order chi connectivity index (χ1) is 8.75. The fourth-order valence-electron chi connectivity index (χ4n) is 1.54. The Hall–Kier alpha value is -1.35. The number of halogens is 1. The Morgan fingerprint density at radius 3 is 2.83 bits per heavy atom. The molecule has 0 saturated heterocycles. The standard InChI is InChI=1S/C14H19ClN2O/c1-2-3-4-5-8-11-16-17-14(18)12-9-6-7-10-13(12)15/h6-7,9-11H,2-5,8H2,1H3,(H,17,18)/b16-11+. The molecule has 0 saturated carbocycles. The molecule has 1 aromatic carbocycles. The Balaban J connectivity index is 2.29. The molecule has 0 bridgehead atoms. The van der Waals surface area contributed by atoms with E-state index in [9.17, 15) is 4.79 Å². The number of hydrogen-bond acceptors (Lipinski definition) is 2. The molecule has 0 aliphatic carbocycles. The van der Waals surface area contributed by atoms with Crippen LogP contribution in [-0.4, -0.2) is 12.1 Å². The smallest absolute Gasteiger partial charge is 0.267 e. The number of hydrazone groups is 1. The molecule has 0 aliphatic rings. The normalized spacial score (nSPS) is 10.8. The molecule has 1 aromatic rings. The predicted octanol–water partition coefficient (Wildman–Crippen LogP) is 4.03. The number of carbonyl (C=O) groups is 1. The largest absolute Gasteiger partial charge is 0.272 e. The second kappa shape index (κ2) is 8.70. The van der Waals surface area contributed by atoms with Crippen LogP contribution in [0.5, 0.6) is 0 Å². The molecular formula is C14H19ClN2O. The van der Waals surface area contributed by atoms with Crippen LogP contribution in [0, 0.1) is 0 Å². The Morgan fingerprint density at radius 2 is 2.11 bits per heavy atom. The maximum absolute atomic E-state index is 11.7. The van der Waals surface area contributed by atoms with Gasteiger partial charge in [0.15, 0.2) is 0 Å². The fourth-order valence-corrected chi connectivity index (χ4v) is 1.76. The molecule has 3 nitrogen and oxygen atoms in total. The molecule has 0 spiro atoms. The van der Waals surface area contributed by atoms with Crippen LogP contribution in [0.15, 0.2) is 29.4 Å². The van der Waals surface area contributed by atoms with Crippen LogP contribution in [0.2, 0.25) is 5.02 Å². The summed E-state index contributed by atoms with van der Waals surface area (Å²) >= 11 is 5.90. The van der Waals surface area contributed by atoms with Gasteiger partial charge in [-0.25, -0.2) is 5.43 Å². The van der Waals surface area contributed by atoms with Gasteiger partial charge in [0, 0.05) is 6.21 Å². The molecule has 4 heteroatoms. The van der Waals surface area contributed by atoms with Gasteiger partial charge in [-0.05, 0) is 25.0 Å². The lowest BCUT2D eigenvalue weighted by molar-refractivity contribution is 0.0955. The highest BCUT2D eigenvalue weighted by Gasteiger charge is 2.07. The third kappa shape index (κ3) is 5.32. The van der Waals surface area contributed by atoms with Gasteiger partial charge in [-0.15, -0.1) is 0 Å². The molecule has 1 amide bonds. The maximum Gasteiger partial charge on any atom is 0.272 e. The van der Waals surface area contributed by atoms with E-state index in [2.05, 4.69) is 17.5 Å². The van der Waals surface area contributed by atoms with Gasteiger partial charge in [-0.2, -0.15) is 5.10 Å². The Morgan fingerprint density at radius 1 is 1.33 bits per heavy atom. The van der Waals surface area contributed by atoms with Crippen LogP contribution >= 0.6 is 11.6 Å². The topological polar surface area (TPSA) is 41.5 Å². The number of unbranched alkanes of at least 4 members (excludes halogenated alkanes) is 4. The van der Waals surface area contributed by atoms with E-state index in [1.54, 1.807) is 30.5 Å². The molecule has 0 fully saturated rings.